The van der Waals surface area contributed by atoms with Gasteiger partial charge in [0.05, 0.1) is 4.90 Å². The van der Waals surface area contributed by atoms with Crippen molar-refractivity contribution in [1.29, 1.82) is 0 Å². The van der Waals surface area contributed by atoms with E-state index in [-0.39, 0.29) is 0 Å². The summed E-state index contributed by atoms with van der Waals surface area (Å²) in [6, 6.07) is 5.75. The summed E-state index contributed by atoms with van der Waals surface area (Å²) in [4.78, 5) is 2.84. The van der Waals surface area contributed by atoms with Crippen LogP contribution in [0.1, 0.15) is 5.56 Å². The second kappa shape index (κ2) is 3.31. The highest BCUT2D eigenvalue weighted by Gasteiger charge is 2.16. The predicted molar refractivity (Wildman–Crippen MR) is 55.7 cm³/mol. The number of anilines is 1. The fraction of sp³-hybridized carbons (Fsp3) is 0.333. The summed E-state index contributed by atoms with van der Waals surface area (Å²) in [5.74, 6) is 0. The smallest absolute Gasteiger partial charge is 0.147 e. The van der Waals surface area contributed by atoms with Crippen molar-refractivity contribution >= 4 is 26.4 Å². The summed E-state index contributed by atoms with van der Waals surface area (Å²) in [7, 11) is 6.15. The second-order valence-corrected chi connectivity index (χ2v) is 4.94. The molecule has 0 aromatic heterocycles. The highest BCUT2D eigenvalue weighted by atomic mass is 35.7. The first-order valence-corrected chi connectivity index (χ1v) is 6.08. The van der Waals surface area contributed by atoms with Gasteiger partial charge < -0.3 is 4.90 Å². The van der Waals surface area contributed by atoms with E-state index in [4.69, 9.17) is 10.7 Å². The van der Waals surface area contributed by atoms with Crippen LogP contribution in [0.5, 0.6) is 0 Å². The summed E-state index contributed by atoms with van der Waals surface area (Å²) in [6.07, 6.45) is 1.07. The third-order valence-electron chi connectivity index (χ3n) is 2.37. The van der Waals surface area contributed by atoms with Gasteiger partial charge in [-0.15, -0.1) is 0 Å². The van der Waals surface area contributed by atoms with Gasteiger partial charge in [-0.1, -0.05) is 6.07 Å². The van der Waals surface area contributed by atoms with Gasteiger partial charge in [0.15, 0.2) is 0 Å². The molecule has 0 spiro atoms. The quantitative estimate of drug-likeness (QED) is 0.668. The van der Waals surface area contributed by atoms with Crippen LogP contribution in [0, 0.1) is 0 Å². The van der Waals surface area contributed by atoms with E-state index >= 15 is 0 Å². The highest BCUT2D eigenvalue weighted by molar-refractivity contribution is 8.08. The molecule has 1 atom stereocenters. The van der Waals surface area contributed by atoms with E-state index in [1.165, 1.54) is 5.56 Å². The van der Waals surface area contributed by atoms with E-state index in [1.807, 2.05) is 25.2 Å². The van der Waals surface area contributed by atoms with Crippen LogP contribution < -0.4 is 4.90 Å². The fourth-order valence-electron chi connectivity index (χ4n) is 1.62. The van der Waals surface area contributed by atoms with Crippen LogP contribution in [0.4, 0.5) is 5.69 Å². The second-order valence-electron chi connectivity index (χ2n) is 3.19. The van der Waals surface area contributed by atoms with Gasteiger partial charge in [-0.3, -0.25) is 0 Å². The maximum absolute atomic E-state index is 11.0. The summed E-state index contributed by atoms with van der Waals surface area (Å²) in [5.41, 5.74) is 2.47. The van der Waals surface area contributed by atoms with Crippen molar-refractivity contribution in [2.24, 2.45) is 0 Å². The van der Waals surface area contributed by atoms with Crippen molar-refractivity contribution in [3.63, 3.8) is 0 Å². The van der Waals surface area contributed by atoms with Crippen molar-refractivity contribution in [2.45, 2.75) is 11.3 Å². The van der Waals surface area contributed by atoms with Crippen LogP contribution in [0.15, 0.2) is 23.1 Å². The Labute approximate surface area is 84.5 Å². The minimum absolute atomic E-state index is 0.689. The van der Waals surface area contributed by atoms with E-state index in [9.17, 15) is 4.21 Å². The molecule has 0 aliphatic carbocycles. The number of likely N-dealkylation sites (N-methyl/N-ethyl adjacent to an activating group) is 1. The number of rotatable bonds is 1. The van der Waals surface area contributed by atoms with Gasteiger partial charge in [0, 0.05) is 19.3 Å². The molecule has 1 aromatic rings. The Balaban J connectivity index is 2.47. The average molecular weight is 216 g/mol. The molecule has 4 heteroatoms. The van der Waals surface area contributed by atoms with Crippen LogP contribution in [0.3, 0.4) is 0 Å². The standard InChI is InChI=1S/C9H10ClNOS/c1-11-5-4-7-2-3-8(13(10)12)6-9(7)11/h2-3,6H,4-5H2,1H3. The normalized spacial score (nSPS) is 17.2. The molecule has 2 rings (SSSR count). The third-order valence-corrected chi connectivity index (χ3v) is 3.53. The molecular weight excluding hydrogens is 206 g/mol. The van der Waals surface area contributed by atoms with Gasteiger partial charge in [0.2, 0.25) is 0 Å². The van der Waals surface area contributed by atoms with Crippen LogP contribution in [0.2, 0.25) is 0 Å². The molecule has 0 bridgehead atoms. The van der Waals surface area contributed by atoms with E-state index < -0.39 is 10.0 Å². The number of hydrogen-bond donors (Lipinski definition) is 0. The van der Waals surface area contributed by atoms with Crippen LogP contribution >= 0.6 is 10.7 Å². The van der Waals surface area contributed by atoms with E-state index in [2.05, 4.69) is 4.90 Å². The van der Waals surface area contributed by atoms with Crippen LogP contribution in [-0.4, -0.2) is 17.8 Å². The number of benzene rings is 1. The molecule has 0 amide bonds. The fourth-order valence-corrected chi connectivity index (χ4v) is 2.29. The van der Waals surface area contributed by atoms with Gasteiger partial charge in [-0.25, -0.2) is 4.21 Å². The Morgan fingerprint density at radius 1 is 1.54 bits per heavy atom. The molecule has 70 valence electrons. The zero-order valence-corrected chi connectivity index (χ0v) is 8.86. The molecule has 13 heavy (non-hydrogen) atoms. The zero-order chi connectivity index (χ0) is 9.42. The summed E-state index contributed by atoms with van der Waals surface area (Å²) in [6.45, 7) is 1.04. The maximum Gasteiger partial charge on any atom is 0.147 e. The summed E-state index contributed by atoms with van der Waals surface area (Å²) < 4.78 is 11.0. The molecular formula is C9H10ClNOS. The zero-order valence-electron chi connectivity index (χ0n) is 7.29. The van der Waals surface area contributed by atoms with E-state index in [0.717, 1.165) is 18.7 Å². The van der Waals surface area contributed by atoms with E-state index in [0.29, 0.717) is 4.90 Å². The summed E-state index contributed by atoms with van der Waals surface area (Å²) in [5, 5.41) is 0. The Hall–Kier alpha value is -0.540. The van der Waals surface area contributed by atoms with Crippen molar-refractivity contribution in [3.05, 3.63) is 23.8 Å². The molecule has 1 unspecified atom stereocenters. The molecule has 2 nitrogen and oxygen atoms in total. The van der Waals surface area contributed by atoms with Crippen molar-refractivity contribution in [3.8, 4) is 0 Å². The van der Waals surface area contributed by atoms with Crippen LogP contribution in [-0.2, 0) is 16.4 Å². The minimum atomic E-state index is -1.39. The van der Waals surface area contributed by atoms with Crippen molar-refractivity contribution in [1.82, 2.24) is 0 Å². The van der Waals surface area contributed by atoms with Gasteiger partial charge >= 0.3 is 0 Å². The highest BCUT2D eigenvalue weighted by Crippen LogP contribution is 2.29. The predicted octanol–water partition coefficient (Wildman–Crippen LogP) is 1.94. The molecule has 0 N–H and O–H groups in total. The molecule has 1 aromatic carbocycles. The topological polar surface area (TPSA) is 20.3 Å². The Morgan fingerprint density at radius 2 is 2.31 bits per heavy atom. The first-order valence-electron chi connectivity index (χ1n) is 4.10. The van der Waals surface area contributed by atoms with E-state index in [1.54, 1.807) is 0 Å². The molecule has 0 saturated carbocycles. The van der Waals surface area contributed by atoms with Crippen molar-refractivity contribution < 1.29 is 4.21 Å². The number of hydrogen-bond acceptors (Lipinski definition) is 2. The van der Waals surface area contributed by atoms with Gasteiger partial charge in [0.25, 0.3) is 0 Å². The maximum atomic E-state index is 11.0. The lowest BCUT2D eigenvalue weighted by Crippen LogP contribution is -2.12. The molecule has 0 radical (unpaired) electrons. The first-order chi connectivity index (χ1) is 6.18. The Bertz CT molecular complexity index is 367. The SMILES string of the molecule is CN1CCc2ccc(S(=O)Cl)cc21. The largest absolute Gasteiger partial charge is 0.374 e. The van der Waals surface area contributed by atoms with Gasteiger partial charge in [-0.2, -0.15) is 0 Å². The van der Waals surface area contributed by atoms with Gasteiger partial charge in [-0.05, 0) is 34.8 Å². The van der Waals surface area contributed by atoms with Crippen LogP contribution in [0.25, 0.3) is 0 Å². The molecule has 1 aliphatic rings. The minimum Gasteiger partial charge on any atom is -0.374 e. The average Bonchev–Trinajstić information content (AvgIpc) is 2.47. The number of fused-ring (bicyclic) bond motifs is 1. The lowest BCUT2D eigenvalue weighted by molar-refractivity contribution is 0.691. The third kappa shape index (κ3) is 1.58. The lowest BCUT2D eigenvalue weighted by atomic mass is 10.2. The van der Waals surface area contributed by atoms with Gasteiger partial charge in [0.1, 0.15) is 10.0 Å². The lowest BCUT2D eigenvalue weighted by Gasteiger charge is -2.11. The number of halogens is 1. The molecule has 1 aliphatic heterocycles. The molecule has 1 heterocycles. The number of nitrogens with zero attached hydrogens (tertiary/aromatic N) is 1. The molecule has 0 fully saturated rings. The molecule has 0 saturated heterocycles. The van der Waals surface area contributed by atoms with Crippen molar-refractivity contribution in [2.75, 3.05) is 18.5 Å². The Kier molecular flexibility index (Phi) is 2.30. The first kappa shape index (κ1) is 9.03. The Morgan fingerprint density at radius 3 is 3.00 bits per heavy atom. The monoisotopic (exact) mass is 215 g/mol. The summed E-state index contributed by atoms with van der Waals surface area (Å²) >= 11 is 0.